The van der Waals surface area contributed by atoms with E-state index in [0.29, 0.717) is 17.4 Å². The van der Waals surface area contributed by atoms with Crippen molar-refractivity contribution < 1.29 is 14.4 Å². The maximum absolute atomic E-state index is 12.8. The smallest absolute Gasteiger partial charge is 0.272 e. The van der Waals surface area contributed by atoms with Gasteiger partial charge >= 0.3 is 0 Å². The van der Waals surface area contributed by atoms with Crippen LogP contribution in [0, 0.1) is 5.92 Å². The summed E-state index contributed by atoms with van der Waals surface area (Å²) in [6, 6.07) is 0. The van der Waals surface area contributed by atoms with Crippen LogP contribution in [0.25, 0.3) is 5.82 Å². The molecular formula is C18H26N5O2+. The van der Waals surface area contributed by atoms with Crippen LogP contribution in [0.2, 0.25) is 0 Å². The molecule has 2 aromatic heterocycles. The van der Waals surface area contributed by atoms with Gasteiger partial charge in [-0.25, -0.2) is 9.67 Å². The molecule has 2 heterocycles. The van der Waals surface area contributed by atoms with Crippen LogP contribution >= 0.6 is 0 Å². The van der Waals surface area contributed by atoms with Gasteiger partial charge in [-0.15, -0.1) is 0 Å². The predicted octanol–water partition coefficient (Wildman–Crippen LogP) is 1.27. The van der Waals surface area contributed by atoms with E-state index < -0.39 is 0 Å². The van der Waals surface area contributed by atoms with Crippen LogP contribution in [-0.2, 0) is 12.8 Å². The van der Waals surface area contributed by atoms with Crippen LogP contribution in [0.3, 0.4) is 0 Å². The minimum absolute atomic E-state index is 0.119. The largest absolute Gasteiger partial charge is 0.346 e. The minimum atomic E-state index is -0.262. The fraction of sp³-hybridized carbons (Fsp3) is 0.556. The van der Waals surface area contributed by atoms with Gasteiger partial charge in [0.2, 0.25) is 12.0 Å². The Labute approximate surface area is 148 Å². The molecule has 1 N–H and O–H groups in total. The van der Waals surface area contributed by atoms with Crippen molar-refractivity contribution >= 4 is 5.91 Å². The summed E-state index contributed by atoms with van der Waals surface area (Å²) in [5.74, 6) is 1.01. The maximum Gasteiger partial charge on any atom is 0.272 e. The lowest BCUT2D eigenvalue weighted by Crippen LogP contribution is -2.43. The van der Waals surface area contributed by atoms with E-state index in [1.807, 2.05) is 13.8 Å². The monoisotopic (exact) mass is 344 g/mol. The topological polar surface area (TPSA) is 72.9 Å². The number of nitrogens with one attached hydrogen (secondary N) is 1. The highest BCUT2D eigenvalue weighted by Gasteiger charge is 2.32. The Kier molecular flexibility index (Phi) is 4.49. The summed E-state index contributed by atoms with van der Waals surface area (Å²) in [4.78, 5) is 22.4. The van der Waals surface area contributed by atoms with Crippen molar-refractivity contribution in [1.82, 2.24) is 20.1 Å². The summed E-state index contributed by atoms with van der Waals surface area (Å²) >= 11 is 0. The third-order valence-corrected chi connectivity index (χ3v) is 4.83. The highest BCUT2D eigenvalue weighted by atomic mass is 16.6. The second kappa shape index (κ2) is 6.46. The molecule has 0 bridgehead atoms. The number of nitrogens with zero attached hydrogens (tertiary/aromatic N) is 4. The Hall–Kier alpha value is -2.44. The Morgan fingerprint density at radius 3 is 2.92 bits per heavy atom. The van der Waals surface area contributed by atoms with Crippen LogP contribution in [0.4, 0.5) is 0 Å². The highest BCUT2D eigenvalue weighted by molar-refractivity contribution is 5.94. The molecule has 3 rings (SSSR count). The summed E-state index contributed by atoms with van der Waals surface area (Å²) in [6.07, 6.45) is 7.73. The predicted molar refractivity (Wildman–Crippen MR) is 92.5 cm³/mol. The molecule has 134 valence electrons. The number of hydrogen-bond donors (Lipinski definition) is 1. The maximum atomic E-state index is 12.8. The molecule has 2 aromatic rings. The average Bonchev–Trinajstić information content (AvgIpc) is 3.11. The lowest BCUT2D eigenvalue weighted by atomic mass is 10.0. The molecule has 0 saturated carbocycles. The van der Waals surface area contributed by atoms with Crippen LogP contribution in [0.15, 0.2) is 18.6 Å². The van der Waals surface area contributed by atoms with Gasteiger partial charge in [-0.2, -0.15) is 5.10 Å². The normalized spacial score (nSPS) is 16.6. The van der Waals surface area contributed by atoms with E-state index >= 15 is 0 Å². The number of rotatable bonds is 5. The molecule has 1 atom stereocenters. The molecule has 0 aliphatic heterocycles. The van der Waals surface area contributed by atoms with Gasteiger partial charge in [0.15, 0.2) is 5.69 Å². The Balaban J connectivity index is 2.03. The second-order valence-corrected chi connectivity index (χ2v) is 7.35. The Morgan fingerprint density at radius 1 is 1.48 bits per heavy atom. The summed E-state index contributed by atoms with van der Waals surface area (Å²) in [5, 5.41) is 7.69. The molecule has 7 nitrogen and oxygen atoms in total. The molecule has 0 aromatic carbocycles. The van der Waals surface area contributed by atoms with E-state index in [-0.39, 0.29) is 11.4 Å². The fourth-order valence-electron chi connectivity index (χ4n) is 3.08. The quantitative estimate of drug-likeness (QED) is 0.829. The Bertz CT molecular complexity index is 797. The zero-order valence-corrected chi connectivity index (χ0v) is 15.5. The van der Waals surface area contributed by atoms with Gasteiger partial charge in [0.1, 0.15) is 7.11 Å². The first kappa shape index (κ1) is 17.4. The highest BCUT2D eigenvalue weighted by Crippen LogP contribution is 2.30. The molecule has 0 spiro atoms. The van der Waals surface area contributed by atoms with Crippen molar-refractivity contribution in [3.8, 4) is 5.82 Å². The number of amides is 1. The third-order valence-electron chi connectivity index (χ3n) is 4.83. The second-order valence-electron chi connectivity index (χ2n) is 7.35. The van der Waals surface area contributed by atoms with Crippen molar-refractivity contribution in [3.63, 3.8) is 0 Å². The third kappa shape index (κ3) is 3.36. The lowest BCUT2D eigenvalue weighted by Gasteiger charge is -2.24. The van der Waals surface area contributed by atoms with E-state index in [0.717, 1.165) is 30.5 Å². The van der Waals surface area contributed by atoms with E-state index in [1.165, 1.54) is 0 Å². The number of fused-ring (bicyclic) bond motifs is 1. The molecule has 25 heavy (non-hydrogen) atoms. The van der Waals surface area contributed by atoms with Crippen LogP contribution in [0.5, 0.6) is 0 Å². The summed E-state index contributed by atoms with van der Waals surface area (Å²) < 4.78 is 3.34. The van der Waals surface area contributed by atoms with Crippen LogP contribution in [0.1, 0.15) is 55.9 Å². The van der Waals surface area contributed by atoms with Gasteiger partial charge in [0, 0.05) is 15.8 Å². The van der Waals surface area contributed by atoms with Crippen molar-refractivity contribution in [1.29, 1.82) is 0 Å². The van der Waals surface area contributed by atoms with Crippen LogP contribution in [-0.4, -0.2) is 33.3 Å². The molecule has 1 unspecified atom stereocenters. The van der Waals surface area contributed by atoms with Gasteiger partial charge in [0.25, 0.3) is 12.1 Å². The molecular weight excluding hydrogens is 318 g/mol. The van der Waals surface area contributed by atoms with Gasteiger partial charge in [-0.3, -0.25) is 9.63 Å². The molecule has 0 fully saturated rings. The van der Waals surface area contributed by atoms with Crippen LogP contribution < -0.4 is 14.9 Å². The molecule has 1 amide bonds. The van der Waals surface area contributed by atoms with Crippen molar-refractivity contribution in [2.24, 2.45) is 5.92 Å². The van der Waals surface area contributed by atoms with Crippen molar-refractivity contribution in [2.45, 2.75) is 52.5 Å². The molecule has 0 saturated heterocycles. The number of aromatic nitrogens is 4. The lowest BCUT2D eigenvalue weighted by molar-refractivity contribution is -0.885. The Morgan fingerprint density at radius 2 is 2.24 bits per heavy atom. The van der Waals surface area contributed by atoms with E-state index in [4.69, 9.17) is 4.84 Å². The molecule has 7 heteroatoms. The average molecular weight is 344 g/mol. The van der Waals surface area contributed by atoms with Gasteiger partial charge in [0.05, 0.1) is 11.9 Å². The summed E-state index contributed by atoms with van der Waals surface area (Å²) in [7, 11) is 1.59. The number of carbonyl (C=O) groups excluding carboxylic acids is 1. The minimum Gasteiger partial charge on any atom is -0.346 e. The molecule has 0 radical (unpaired) electrons. The zero-order chi connectivity index (χ0) is 18.2. The van der Waals surface area contributed by atoms with E-state index in [1.54, 1.807) is 35.1 Å². The van der Waals surface area contributed by atoms with Gasteiger partial charge in [-0.1, -0.05) is 13.8 Å². The number of hydrogen-bond acceptors (Lipinski definition) is 4. The molecule has 1 aliphatic carbocycles. The SMILES string of the molecule is CCC(C)(C)NC(=O)c1nn(-c2c[n+](OC)ccn2)c2c1CC(C)C2. The van der Waals surface area contributed by atoms with E-state index in [2.05, 4.69) is 29.2 Å². The fourth-order valence-corrected chi connectivity index (χ4v) is 3.08. The van der Waals surface area contributed by atoms with Gasteiger partial charge < -0.3 is 5.32 Å². The van der Waals surface area contributed by atoms with Crippen molar-refractivity contribution in [3.05, 3.63) is 35.5 Å². The number of carbonyl (C=O) groups is 1. The standard InChI is InChI=1S/C18H25N5O2/c1-6-18(3,4)20-17(24)16-13-9-12(2)10-14(13)23(21-16)15-11-22(25-5)8-7-19-15/h7-8,11-12H,6,9-10H2,1-5H3/p+1. The first-order valence-electron chi connectivity index (χ1n) is 8.70. The zero-order valence-electron chi connectivity index (χ0n) is 15.5. The van der Waals surface area contributed by atoms with Crippen molar-refractivity contribution in [2.75, 3.05) is 7.11 Å². The van der Waals surface area contributed by atoms with E-state index in [9.17, 15) is 4.79 Å². The molecule has 1 aliphatic rings. The summed E-state index contributed by atoms with van der Waals surface area (Å²) in [5.41, 5.74) is 2.34. The first-order chi connectivity index (χ1) is 11.8. The first-order valence-corrected chi connectivity index (χ1v) is 8.70. The summed E-state index contributed by atoms with van der Waals surface area (Å²) in [6.45, 7) is 8.29. The van der Waals surface area contributed by atoms with Gasteiger partial charge in [-0.05, 0) is 39.0 Å².